The van der Waals surface area contributed by atoms with Crippen molar-refractivity contribution in [2.75, 3.05) is 5.32 Å². The Morgan fingerprint density at radius 1 is 0.606 bits per heavy atom. The third-order valence-corrected chi connectivity index (χ3v) is 3.68. The van der Waals surface area contributed by atoms with Gasteiger partial charge in [-0.1, -0.05) is 0 Å². The molecule has 0 bridgehead atoms. The van der Waals surface area contributed by atoms with E-state index in [9.17, 15) is 79.4 Å². The number of aromatic nitrogens is 2. The Balaban J connectivity index is 3.60. The van der Waals surface area contributed by atoms with Crippen LogP contribution in [0.4, 0.5) is 80.5 Å². The minimum Gasteiger partial charge on any atom is -0.313 e. The van der Waals surface area contributed by atoms with E-state index in [1.54, 1.807) is 4.98 Å². The molecule has 1 heterocycles. The van der Waals surface area contributed by atoms with E-state index in [0.29, 0.717) is 6.20 Å². The van der Waals surface area contributed by atoms with Crippen LogP contribution in [0, 0.1) is 0 Å². The molecule has 0 saturated heterocycles. The molecule has 0 aliphatic heterocycles. The van der Waals surface area contributed by atoms with Crippen LogP contribution in [0.5, 0.6) is 0 Å². The van der Waals surface area contributed by atoms with Crippen LogP contribution in [0.3, 0.4) is 0 Å². The summed E-state index contributed by atoms with van der Waals surface area (Å²) < 4.78 is 222. The first kappa shape index (κ1) is 28.5. The first-order chi connectivity index (χ1) is 14.2. The van der Waals surface area contributed by atoms with Gasteiger partial charge in [-0.15, -0.1) is 0 Å². The lowest BCUT2D eigenvalue weighted by molar-refractivity contribution is -0.460. The first-order valence-corrected chi connectivity index (χ1v) is 7.27. The zero-order valence-corrected chi connectivity index (χ0v) is 14.4. The predicted octanol–water partition coefficient (Wildman–Crippen LogP) is 5.15. The lowest BCUT2D eigenvalue weighted by Crippen LogP contribution is -2.75. The molecule has 1 aromatic heterocycles. The van der Waals surface area contributed by atoms with Crippen molar-refractivity contribution in [1.29, 1.82) is 0 Å². The van der Waals surface area contributed by atoms with Crippen LogP contribution in [0.25, 0.3) is 0 Å². The van der Waals surface area contributed by atoms with E-state index in [2.05, 4.69) is 4.98 Å². The van der Waals surface area contributed by atoms with Gasteiger partial charge >= 0.3 is 53.4 Å². The van der Waals surface area contributed by atoms with Crippen molar-refractivity contribution in [3.63, 3.8) is 0 Å². The summed E-state index contributed by atoms with van der Waals surface area (Å²) in [5.41, 5.74) is -1.66. The Bertz CT molecular complexity index is 918. The number of nitrogens with one attached hydrogen (secondary N) is 2. The van der Waals surface area contributed by atoms with Gasteiger partial charge in [0.25, 0.3) is 0 Å². The molecule has 0 saturated carbocycles. The van der Waals surface area contributed by atoms with Gasteiger partial charge in [-0.05, 0) is 6.07 Å². The molecule has 0 aromatic carbocycles. The third-order valence-electron chi connectivity index (χ3n) is 3.68. The molecule has 0 unspecified atom stereocenters. The Hall–Kier alpha value is -2.51. The van der Waals surface area contributed by atoms with Gasteiger partial charge in [0.2, 0.25) is 0 Å². The summed E-state index contributed by atoms with van der Waals surface area (Å²) in [4.78, 5) is 14.7. The van der Waals surface area contributed by atoms with Gasteiger partial charge < -0.3 is 10.3 Å². The molecule has 0 radical (unpaired) electrons. The van der Waals surface area contributed by atoms with Gasteiger partial charge in [0.15, 0.2) is 0 Å². The normalized spacial score (nSPS) is 15.5. The first-order valence-electron chi connectivity index (χ1n) is 7.27. The van der Waals surface area contributed by atoms with Gasteiger partial charge in [-0.2, -0.15) is 79.6 Å². The second-order valence-electron chi connectivity index (χ2n) is 5.92. The Morgan fingerprint density at radius 3 is 1.33 bits per heavy atom. The number of rotatable bonds is 8. The van der Waals surface area contributed by atoms with E-state index in [1.807, 2.05) is 0 Å². The lowest BCUT2D eigenvalue weighted by Gasteiger charge is -2.42. The molecule has 4 nitrogen and oxygen atoms in total. The average Bonchev–Trinajstić information content (AvgIpc) is 2.59. The summed E-state index contributed by atoms with van der Waals surface area (Å²) in [6.45, 7) is 0. The van der Waals surface area contributed by atoms with E-state index in [0.717, 1.165) is 0 Å². The van der Waals surface area contributed by atoms with Crippen molar-refractivity contribution < 1.29 is 74.6 Å². The lowest BCUT2D eigenvalue weighted by atomic mass is 9.90. The Morgan fingerprint density at radius 2 is 0.970 bits per heavy atom. The standard InChI is InChI=1S/C12H4F17N3O/c13-5(14,7(17,18)9(21,22)11(25,26)27)6(15,16)8(19,20)10(23,24)12(28,29)32-3-1-2-30-4(33)31-3/h1-2H,(H2,30,31,32,33). The largest absolute Gasteiger partial charge is 0.460 e. The second kappa shape index (κ2) is 7.50. The van der Waals surface area contributed by atoms with Crippen LogP contribution >= 0.6 is 0 Å². The van der Waals surface area contributed by atoms with Crippen molar-refractivity contribution >= 4 is 5.82 Å². The van der Waals surface area contributed by atoms with Crippen LogP contribution < -0.4 is 11.0 Å². The van der Waals surface area contributed by atoms with Gasteiger partial charge in [0.1, 0.15) is 5.82 Å². The highest BCUT2D eigenvalue weighted by molar-refractivity contribution is 5.35. The molecule has 0 spiro atoms. The molecule has 33 heavy (non-hydrogen) atoms. The summed E-state index contributed by atoms with van der Waals surface area (Å²) in [6.07, 6.45) is -7.49. The topological polar surface area (TPSA) is 57.8 Å². The van der Waals surface area contributed by atoms with Crippen LogP contribution in [0.15, 0.2) is 17.1 Å². The molecule has 2 N–H and O–H groups in total. The molecule has 192 valence electrons. The number of hydrogen-bond donors (Lipinski definition) is 2. The number of H-pyrrole nitrogens is 1. The average molecular weight is 529 g/mol. The molecule has 0 atom stereocenters. The maximum Gasteiger partial charge on any atom is 0.460 e. The summed E-state index contributed by atoms with van der Waals surface area (Å²) in [6, 6.07) is -6.78. The van der Waals surface area contributed by atoms with Crippen molar-refractivity contribution in [1.82, 2.24) is 9.97 Å². The summed E-state index contributed by atoms with van der Waals surface area (Å²) in [5.74, 6) is -52.3. The van der Waals surface area contributed by atoms with Crippen molar-refractivity contribution in [2.24, 2.45) is 0 Å². The Labute approximate surface area is 167 Å². The van der Waals surface area contributed by atoms with E-state index < -0.39 is 59.3 Å². The summed E-state index contributed by atoms with van der Waals surface area (Å²) in [7, 11) is 0. The van der Waals surface area contributed by atoms with Crippen LogP contribution in [0.2, 0.25) is 0 Å². The maximum atomic E-state index is 13.6. The fourth-order valence-electron chi connectivity index (χ4n) is 1.84. The number of aromatic amines is 1. The van der Waals surface area contributed by atoms with Gasteiger partial charge in [0.05, 0.1) is 0 Å². The smallest absolute Gasteiger partial charge is 0.313 e. The van der Waals surface area contributed by atoms with Crippen LogP contribution in [0.1, 0.15) is 0 Å². The molecule has 1 aromatic rings. The van der Waals surface area contributed by atoms with Crippen molar-refractivity contribution in [3.8, 4) is 0 Å². The predicted molar refractivity (Wildman–Crippen MR) is 69.2 cm³/mol. The van der Waals surface area contributed by atoms with E-state index >= 15 is 0 Å². The van der Waals surface area contributed by atoms with Crippen LogP contribution in [-0.2, 0) is 0 Å². The highest BCUT2D eigenvalue weighted by atomic mass is 19.4. The quantitative estimate of drug-likeness (QED) is 0.362. The molecule has 0 fully saturated rings. The molecule has 0 amide bonds. The minimum absolute atomic E-state index is 0.0661. The number of anilines is 1. The van der Waals surface area contributed by atoms with Gasteiger partial charge in [-0.3, -0.25) is 0 Å². The molecule has 0 aliphatic carbocycles. The van der Waals surface area contributed by atoms with Crippen molar-refractivity contribution in [3.05, 3.63) is 22.7 Å². The van der Waals surface area contributed by atoms with E-state index in [1.165, 1.54) is 0 Å². The number of alkyl halides is 17. The second-order valence-corrected chi connectivity index (χ2v) is 5.92. The van der Waals surface area contributed by atoms with Gasteiger partial charge in [-0.25, -0.2) is 4.79 Å². The summed E-state index contributed by atoms with van der Waals surface area (Å²) in [5, 5.41) is -0.0661. The molecular weight excluding hydrogens is 525 g/mol. The molecule has 0 aliphatic rings. The molecule has 21 heteroatoms. The molecular formula is C12H4F17N3O. The fraction of sp³-hybridized carbons (Fsp3) is 0.667. The minimum atomic E-state index is -8.70. The monoisotopic (exact) mass is 529 g/mol. The number of halogens is 17. The highest BCUT2D eigenvalue weighted by Gasteiger charge is 2.95. The molecule has 1 rings (SSSR count). The fourth-order valence-corrected chi connectivity index (χ4v) is 1.84. The third kappa shape index (κ3) is 3.91. The summed E-state index contributed by atoms with van der Waals surface area (Å²) >= 11 is 0. The maximum absolute atomic E-state index is 13.6. The van der Waals surface area contributed by atoms with Crippen molar-refractivity contribution in [2.45, 2.75) is 47.8 Å². The SMILES string of the molecule is O=c1nc(NC(F)(F)C(F)(F)C(F)(F)C(F)(F)C(F)(F)C(F)(F)C(F)(F)C(F)(F)F)cc[nH]1. The number of hydrogen-bond acceptors (Lipinski definition) is 3. The zero-order valence-electron chi connectivity index (χ0n) is 14.4. The van der Waals surface area contributed by atoms with Gasteiger partial charge in [0, 0.05) is 6.20 Å². The zero-order chi connectivity index (χ0) is 26.7. The van der Waals surface area contributed by atoms with E-state index in [4.69, 9.17) is 0 Å². The van der Waals surface area contributed by atoms with Crippen LogP contribution in [-0.4, -0.2) is 57.7 Å². The van der Waals surface area contributed by atoms with E-state index in [-0.39, 0.29) is 11.4 Å². The number of nitrogens with zero attached hydrogens (tertiary/aromatic N) is 1. The Kier molecular flexibility index (Phi) is 6.48. The highest BCUT2D eigenvalue weighted by Crippen LogP contribution is 2.63.